The van der Waals surface area contributed by atoms with Gasteiger partial charge in [0.2, 0.25) is 5.91 Å². The maximum Gasteiger partial charge on any atom is 0.410 e. The molecular weight excluding hydrogens is 598 g/mol. The molecule has 0 N–H and O–H groups in total. The lowest BCUT2D eigenvalue weighted by Gasteiger charge is -2.45. The maximum absolute atomic E-state index is 14.4. The number of alkyl halides is 1. The van der Waals surface area contributed by atoms with E-state index in [1.807, 2.05) is 92.0 Å². The minimum absolute atomic E-state index is 0.170. The molecular formula is C34H34ClN3O5S. The fraction of sp³-hybridized carbons (Fsp3) is 0.265. The Morgan fingerprint density at radius 3 is 2.07 bits per heavy atom. The Labute approximate surface area is 266 Å². The molecule has 8 nitrogen and oxygen atoms in total. The fourth-order valence-electron chi connectivity index (χ4n) is 5.44. The average molecular weight is 632 g/mol. The van der Waals surface area contributed by atoms with E-state index in [1.54, 1.807) is 34.1 Å². The normalized spacial score (nSPS) is 17.1. The molecule has 3 unspecified atom stereocenters. The van der Waals surface area contributed by atoms with E-state index in [-0.39, 0.29) is 43.6 Å². The molecule has 4 aromatic rings. The number of piperazine rings is 1. The molecule has 0 aliphatic carbocycles. The summed E-state index contributed by atoms with van der Waals surface area (Å²) in [5.74, 6) is 0.332. The topological polar surface area (TPSA) is 79.4 Å². The lowest BCUT2D eigenvalue weighted by atomic mass is 10.1. The smallest absolute Gasteiger partial charge is 0.410 e. The van der Waals surface area contributed by atoms with Crippen molar-refractivity contribution in [2.45, 2.75) is 38.6 Å². The van der Waals surface area contributed by atoms with Gasteiger partial charge in [-0.15, -0.1) is 22.9 Å². The molecule has 10 heteroatoms. The predicted octanol–water partition coefficient (Wildman–Crippen LogP) is 7.11. The summed E-state index contributed by atoms with van der Waals surface area (Å²) in [5, 5.41) is 1.88. The first-order chi connectivity index (χ1) is 21.4. The van der Waals surface area contributed by atoms with Crippen LogP contribution in [-0.4, -0.2) is 58.8 Å². The van der Waals surface area contributed by atoms with Crippen molar-refractivity contribution >= 4 is 46.5 Å². The summed E-state index contributed by atoms with van der Waals surface area (Å²) in [7, 11) is 0. The van der Waals surface area contributed by atoms with Gasteiger partial charge >= 0.3 is 6.09 Å². The van der Waals surface area contributed by atoms with Crippen LogP contribution in [0.1, 0.15) is 30.3 Å². The number of amides is 3. The quantitative estimate of drug-likeness (QED) is 0.184. The zero-order chi connectivity index (χ0) is 31.1. The number of carbonyl (C=O) groups excluding carboxylic acids is 3. The standard InChI is InChI=1S/C34H34ClN3O5S/c1-24-21-36(22-25(2)37(24)34(41)42-23-26-10-5-3-6-11-26)33(40)32(30-14-9-19-44-30)38(31(39)20-35)27-15-17-29(18-16-27)43-28-12-7-4-8-13-28/h3-19,24-25,32H,20-23H2,1-2H3. The Morgan fingerprint density at radius 1 is 0.864 bits per heavy atom. The molecule has 0 spiro atoms. The zero-order valence-corrected chi connectivity index (χ0v) is 26.1. The molecule has 1 saturated heterocycles. The van der Waals surface area contributed by atoms with Gasteiger partial charge in [-0.2, -0.15) is 0 Å². The van der Waals surface area contributed by atoms with Gasteiger partial charge < -0.3 is 14.4 Å². The number of hydrogen-bond acceptors (Lipinski definition) is 6. The Kier molecular flexibility index (Phi) is 10.2. The third kappa shape index (κ3) is 7.23. The highest BCUT2D eigenvalue weighted by Crippen LogP contribution is 2.35. The third-order valence-corrected chi connectivity index (χ3v) is 8.58. The first-order valence-electron chi connectivity index (χ1n) is 14.4. The van der Waals surface area contributed by atoms with Crippen LogP contribution in [0.2, 0.25) is 0 Å². The van der Waals surface area contributed by atoms with Gasteiger partial charge in [0, 0.05) is 23.7 Å². The Bertz CT molecular complexity index is 1520. The van der Waals surface area contributed by atoms with Gasteiger partial charge in [-0.25, -0.2) is 4.79 Å². The fourth-order valence-corrected chi connectivity index (χ4v) is 6.37. The Hall–Kier alpha value is -4.34. The molecule has 0 saturated carbocycles. The Balaban J connectivity index is 1.35. The number of ether oxygens (including phenoxy) is 2. The highest BCUT2D eigenvalue weighted by atomic mass is 35.5. The molecule has 3 atom stereocenters. The highest BCUT2D eigenvalue weighted by Gasteiger charge is 2.41. The molecule has 2 heterocycles. The van der Waals surface area contributed by atoms with Crippen LogP contribution in [0.4, 0.5) is 10.5 Å². The van der Waals surface area contributed by atoms with Crippen LogP contribution in [0, 0.1) is 0 Å². The Morgan fingerprint density at radius 2 is 1.48 bits per heavy atom. The van der Waals surface area contributed by atoms with E-state index in [9.17, 15) is 14.4 Å². The largest absolute Gasteiger partial charge is 0.457 e. The van der Waals surface area contributed by atoms with Crippen LogP contribution in [0.25, 0.3) is 0 Å². The van der Waals surface area contributed by atoms with Crippen molar-refractivity contribution in [2.75, 3.05) is 23.9 Å². The third-order valence-electron chi connectivity index (χ3n) is 7.43. The van der Waals surface area contributed by atoms with Crippen molar-refractivity contribution in [2.24, 2.45) is 0 Å². The van der Waals surface area contributed by atoms with Crippen molar-refractivity contribution in [3.05, 3.63) is 113 Å². The van der Waals surface area contributed by atoms with Gasteiger partial charge in [-0.3, -0.25) is 19.4 Å². The summed E-state index contributed by atoms with van der Waals surface area (Å²) in [6, 6.07) is 28.1. The molecule has 3 aromatic carbocycles. The summed E-state index contributed by atoms with van der Waals surface area (Å²) in [5.41, 5.74) is 1.42. The van der Waals surface area contributed by atoms with E-state index in [0.29, 0.717) is 22.1 Å². The van der Waals surface area contributed by atoms with Crippen LogP contribution in [-0.2, 0) is 20.9 Å². The molecule has 5 rings (SSSR count). The van der Waals surface area contributed by atoms with Crippen molar-refractivity contribution in [3.8, 4) is 11.5 Å². The van der Waals surface area contributed by atoms with Crippen LogP contribution in [0.5, 0.6) is 11.5 Å². The van der Waals surface area contributed by atoms with Gasteiger partial charge in [0.05, 0.1) is 12.1 Å². The number of para-hydroxylation sites is 1. The van der Waals surface area contributed by atoms with Crippen molar-refractivity contribution < 1.29 is 23.9 Å². The molecule has 1 aromatic heterocycles. The zero-order valence-electron chi connectivity index (χ0n) is 24.5. The minimum Gasteiger partial charge on any atom is -0.457 e. The van der Waals surface area contributed by atoms with Crippen LogP contribution in [0.15, 0.2) is 102 Å². The number of benzene rings is 3. The molecule has 0 bridgehead atoms. The van der Waals surface area contributed by atoms with E-state index >= 15 is 0 Å². The summed E-state index contributed by atoms with van der Waals surface area (Å²) < 4.78 is 11.5. The van der Waals surface area contributed by atoms with Gasteiger partial charge in [0.1, 0.15) is 30.0 Å². The van der Waals surface area contributed by atoms with E-state index in [4.69, 9.17) is 21.1 Å². The van der Waals surface area contributed by atoms with Gasteiger partial charge in [-0.05, 0) is 67.3 Å². The van der Waals surface area contributed by atoms with E-state index in [2.05, 4.69) is 0 Å². The van der Waals surface area contributed by atoms with Crippen LogP contribution >= 0.6 is 22.9 Å². The number of hydrogen-bond donors (Lipinski definition) is 0. The SMILES string of the molecule is CC1CN(C(=O)C(c2cccs2)N(C(=O)CCl)c2ccc(Oc3ccccc3)cc2)CC(C)N1C(=O)OCc1ccccc1. The summed E-state index contributed by atoms with van der Waals surface area (Å²) in [6.07, 6.45) is -0.424. The van der Waals surface area contributed by atoms with Gasteiger partial charge in [0.15, 0.2) is 0 Å². The first-order valence-corrected chi connectivity index (χ1v) is 15.8. The molecule has 228 valence electrons. The number of thiophene rings is 1. The maximum atomic E-state index is 14.4. The van der Waals surface area contributed by atoms with Crippen LogP contribution < -0.4 is 9.64 Å². The average Bonchev–Trinajstić information content (AvgIpc) is 3.58. The molecule has 0 radical (unpaired) electrons. The lowest BCUT2D eigenvalue weighted by Crippen LogP contribution is -2.61. The number of rotatable bonds is 9. The second-order valence-electron chi connectivity index (χ2n) is 10.6. The van der Waals surface area contributed by atoms with Crippen LogP contribution in [0.3, 0.4) is 0 Å². The van der Waals surface area contributed by atoms with Gasteiger partial charge in [0.25, 0.3) is 5.91 Å². The number of carbonyl (C=O) groups is 3. The summed E-state index contributed by atoms with van der Waals surface area (Å²) in [6.45, 7) is 4.54. The number of halogens is 1. The highest BCUT2D eigenvalue weighted by molar-refractivity contribution is 7.10. The monoisotopic (exact) mass is 631 g/mol. The minimum atomic E-state index is -0.932. The van der Waals surface area contributed by atoms with Gasteiger partial charge in [-0.1, -0.05) is 54.6 Å². The molecule has 44 heavy (non-hydrogen) atoms. The predicted molar refractivity (Wildman–Crippen MR) is 172 cm³/mol. The lowest BCUT2D eigenvalue weighted by molar-refractivity contribution is -0.138. The van der Waals surface area contributed by atoms with E-state index in [0.717, 1.165) is 5.56 Å². The summed E-state index contributed by atoms with van der Waals surface area (Å²) in [4.78, 5) is 46.4. The molecule has 3 amide bonds. The molecule has 1 aliphatic heterocycles. The van der Waals surface area contributed by atoms with Crippen molar-refractivity contribution in [1.29, 1.82) is 0 Å². The second kappa shape index (κ2) is 14.4. The molecule has 1 aliphatic rings. The first kappa shape index (κ1) is 31.1. The van der Waals surface area contributed by atoms with E-state index < -0.39 is 18.0 Å². The molecule has 1 fully saturated rings. The summed E-state index contributed by atoms with van der Waals surface area (Å²) >= 11 is 7.51. The number of anilines is 1. The second-order valence-corrected chi connectivity index (χ2v) is 11.9. The van der Waals surface area contributed by atoms with Crippen molar-refractivity contribution in [1.82, 2.24) is 9.80 Å². The van der Waals surface area contributed by atoms with Crippen molar-refractivity contribution in [3.63, 3.8) is 0 Å². The number of nitrogens with zero attached hydrogens (tertiary/aromatic N) is 3. The van der Waals surface area contributed by atoms with E-state index in [1.165, 1.54) is 16.2 Å².